The number of aryl methyl sites for hydroxylation is 1. The summed E-state index contributed by atoms with van der Waals surface area (Å²) in [4.78, 5) is 30.1. The minimum Gasteiger partial charge on any atom is -0.337 e. The number of amides is 1. The number of carbonyl (C=O) groups excluding carboxylic acids is 1. The second-order valence-corrected chi connectivity index (χ2v) is 7.53. The molecule has 3 heterocycles. The van der Waals surface area contributed by atoms with Crippen molar-refractivity contribution < 1.29 is 4.79 Å². The molecule has 6 nitrogen and oxygen atoms in total. The Morgan fingerprint density at radius 2 is 1.92 bits per heavy atom. The predicted molar refractivity (Wildman–Crippen MR) is 97.9 cm³/mol. The van der Waals surface area contributed by atoms with Crippen LogP contribution in [0.5, 0.6) is 0 Å². The van der Waals surface area contributed by atoms with E-state index >= 15 is 0 Å². The van der Waals surface area contributed by atoms with Crippen LogP contribution >= 0.6 is 0 Å². The summed E-state index contributed by atoms with van der Waals surface area (Å²) in [6.07, 6.45) is 4.72. The molecule has 2 aliphatic heterocycles. The van der Waals surface area contributed by atoms with E-state index in [1.807, 2.05) is 18.7 Å². The quantitative estimate of drug-likeness (QED) is 0.905. The molecule has 25 heavy (non-hydrogen) atoms. The summed E-state index contributed by atoms with van der Waals surface area (Å²) in [6.45, 7) is 9.91. The molecule has 2 bridgehead atoms. The molecule has 2 aliphatic rings. The van der Waals surface area contributed by atoms with Crippen molar-refractivity contribution in [2.24, 2.45) is 0 Å². The highest BCUT2D eigenvalue weighted by atomic mass is 16.2. The summed E-state index contributed by atoms with van der Waals surface area (Å²) < 4.78 is 0. The Morgan fingerprint density at radius 1 is 1.20 bits per heavy atom. The number of fused-ring (bicyclic) bond motifs is 2. The van der Waals surface area contributed by atoms with E-state index in [-0.39, 0.29) is 11.5 Å². The monoisotopic (exact) mass is 346 g/mol. The third-order valence-corrected chi connectivity index (χ3v) is 5.80. The Bertz CT molecular complexity index is 697. The highest BCUT2D eigenvalue weighted by Gasteiger charge is 2.40. The van der Waals surface area contributed by atoms with Crippen LogP contribution in [0, 0.1) is 0 Å². The molecule has 6 heteroatoms. The van der Waals surface area contributed by atoms with Crippen molar-refractivity contribution in [2.75, 3.05) is 13.1 Å². The van der Waals surface area contributed by atoms with Crippen molar-refractivity contribution in [3.63, 3.8) is 0 Å². The van der Waals surface area contributed by atoms with E-state index in [2.05, 4.69) is 28.9 Å². The van der Waals surface area contributed by atoms with E-state index in [4.69, 9.17) is 0 Å². The van der Waals surface area contributed by atoms with E-state index in [0.717, 1.165) is 37.2 Å². The number of aromatic amines is 1. The van der Waals surface area contributed by atoms with Crippen molar-refractivity contribution in [3.05, 3.63) is 27.2 Å². The van der Waals surface area contributed by atoms with Gasteiger partial charge in [0.15, 0.2) is 0 Å². The number of hydrogen-bond acceptors (Lipinski definition) is 4. The zero-order chi connectivity index (χ0) is 18.1. The molecule has 0 spiro atoms. The molecule has 2 fully saturated rings. The highest BCUT2D eigenvalue weighted by Crippen LogP contribution is 2.32. The summed E-state index contributed by atoms with van der Waals surface area (Å²) in [6, 6.07) is 1.47. The van der Waals surface area contributed by atoms with Gasteiger partial charge in [-0.3, -0.25) is 14.5 Å². The van der Waals surface area contributed by atoms with Crippen LogP contribution in [0.3, 0.4) is 0 Å². The van der Waals surface area contributed by atoms with E-state index < -0.39 is 0 Å². The van der Waals surface area contributed by atoms with Crippen molar-refractivity contribution in [1.29, 1.82) is 0 Å². The number of rotatable bonds is 4. The Kier molecular flexibility index (Phi) is 5.27. The lowest BCUT2D eigenvalue weighted by Crippen LogP contribution is -2.45. The van der Waals surface area contributed by atoms with Gasteiger partial charge in [-0.1, -0.05) is 13.8 Å². The van der Waals surface area contributed by atoms with E-state index in [0.29, 0.717) is 36.5 Å². The molecule has 138 valence electrons. The third kappa shape index (κ3) is 3.24. The maximum Gasteiger partial charge on any atom is 0.277 e. The number of nitrogens with one attached hydrogen (secondary N) is 1. The average molecular weight is 346 g/mol. The van der Waals surface area contributed by atoms with Gasteiger partial charge in [-0.05, 0) is 51.5 Å². The Morgan fingerprint density at radius 3 is 2.56 bits per heavy atom. The standard InChI is InChI=1S/C19H30N4O2/c1-5-15-16(6-2)20-21-18(24)17(15)19(25)22-10-9-13-7-8-14(11-22)23(13)12(3)4/h12-14H,5-11H2,1-4H3,(H,21,24). The van der Waals surface area contributed by atoms with Crippen molar-refractivity contribution in [2.45, 2.75) is 77.9 Å². The number of nitrogens with zero attached hydrogens (tertiary/aromatic N) is 3. The topological polar surface area (TPSA) is 69.3 Å². The number of likely N-dealkylation sites (tertiary alicyclic amines) is 1. The number of H-pyrrole nitrogens is 1. The molecular formula is C19H30N4O2. The van der Waals surface area contributed by atoms with Gasteiger partial charge >= 0.3 is 0 Å². The van der Waals surface area contributed by atoms with Gasteiger partial charge in [0.1, 0.15) is 5.56 Å². The fourth-order valence-electron chi connectivity index (χ4n) is 4.72. The van der Waals surface area contributed by atoms with Crippen LogP contribution in [0.1, 0.15) is 68.6 Å². The largest absolute Gasteiger partial charge is 0.337 e. The second kappa shape index (κ2) is 7.28. The molecule has 0 aliphatic carbocycles. The number of hydrogen-bond donors (Lipinski definition) is 1. The first-order valence-corrected chi connectivity index (χ1v) is 9.65. The van der Waals surface area contributed by atoms with Gasteiger partial charge < -0.3 is 4.90 Å². The smallest absolute Gasteiger partial charge is 0.277 e. The van der Waals surface area contributed by atoms with Gasteiger partial charge in [0.05, 0.1) is 5.69 Å². The molecule has 2 atom stereocenters. The van der Waals surface area contributed by atoms with E-state index in [1.165, 1.54) is 6.42 Å². The summed E-state index contributed by atoms with van der Waals surface area (Å²) in [5, 5.41) is 6.66. The van der Waals surface area contributed by atoms with Crippen molar-refractivity contribution >= 4 is 5.91 Å². The van der Waals surface area contributed by atoms with Crippen molar-refractivity contribution in [1.82, 2.24) is 20.0 Å². The SMILES string of the molecule is CCc1n[nH]c(=O)c(C(=O)N2CCC3CCC(C2)N3C(C)C)c1CC. The lowest BCUT2D eigenvalue weighted by molar-refractivity contribution is 0.0725. The number of aromatic nitrogens is 2. The minimum atomic E-state index is -0.353. The van der Waals surface area contributed by atoms with Gasteiger partial charge in [-0.2, -0.15) is 5.10 Å². The summed E-state index contributed by atoms with van der Waals surface area (Å²) in [7, 11) is 0. The minimum absolute atomic E-state index is 0.119. The van der Waals surface area contributed by atoms with Gasteiger partial charge in [0.25, 0.3) is 11.5 Å². The normalized spacial score (nSPS) is 24.0. The van der Waals surface area contributed by atoms with Crippen molar-refractivity contribution in [3.8, 4) is 0 Å². The van der Waals surface area contributed by atoms with Gasteiger partial charge in [-0.15, -0.1) is 0 Å². The maximum absolute atomic E-state index is 13.2. The molecule has 0 saturated carbocycles. The van der Waals surface area contributed by atoms with Gasteiger partial charge in [-0.25, -0.2) is 5.10 Å². The Hall–Kier alpha value is -1.69. The fourth-order valence-corrected chi connectivity index (χ4v) is 4.72. The Labute approximate surface area is 149 Å². The van der Waals surface area contributed by atoms with Crippen LogP contribution in [-0.4, -0.2) is 57.1 Å². The lowest BCUT2D eigenvalue weighted by atomic mass is 10.0. The first kappa shape index (κ1) is 18.1. The van der Waals surface area contributed by atoms with Crippen LogP contribution < -0.4 is 5.56 Å². The average Bonchev–Trinajstić information content (AvgIpc) is 2.88. The maximum atomic E-state index is 13.2. The summed E-state index contributed by atoms with van der Waals surface area (Å²) >= 11 is 0. The molecular weight excluding hydrogens is 316 g/mol. The molecule has 2 unspecified atom stereocenters. The molecule has 3 rings (SSSR count). The molecule has 1 N–H and O–H groups in total. The lowest BCUT2D eigenvalue weighted by Gasteiger charge is -2.32. The fraction of sp³-hybridized carbons (Fsp3) is 0.737. The molecule has 1 amide bonds. The predicted octanol–water partition coefficient (Wildman–Crippen LogP) is 1.98. The van der Waals surface area contributed by atoms with Crippen LogP contribution in [0.4, 0.5) is 0 Å². The summed E-state index contributed by atoms with van der Waals surface area (Å²) in [5.41, 5.74) is 1.59. The highest BCUT2D eigenvalue weighted by molar-refractivity contribution is 5.95. The number of carbonyl (C=O) groups is 1. The third-order valence-electron chi connectivity index (χ3n) is 5.80. The zero-order valence-electron chi connectivity index (χ0n) is 15.8. The van der Waals surface area contributed by atoms with Crippen LogP contribution in [0.2, 0.25) is 0 Å². The molecule has 1 aromatic rings. The van der Waals surface area contributed by atoms with Crippen LogP contribution in [0.25, 0.3) is 0 Å². The summed E-state index contributed by atoms with van der Waals surface area (Å²) in [5.74, 6) is -0.119. The van der Waals surface area contributed by atoms with Crippen LogP contribution in [0.15, 0.2) is 4.79 Å². The molecule has 2 saturated heterocycles. The first-order valence-electron chi connectivity index (χ1n) is 9.65. The second-order valence-electron chi connectivity index (χ2n) is 7.53. The van der Waals surface area contributed by atoms with E-state index in [9.17, 15) is 9.59 Å². The van der Waals surface area contributed by atoms with Gasteiger partial charge in [0, 0.05) is 31.2 Å². The molecule has 1 aromatic heterocycles. The molecule has 0 aromatic carbocycles. The van der Waals surface area contributed by atoms with E-state index in [1.54, 1.807) is 0 Å². The van der Waals surface area contributed by atoms with Crippen LogP contribution in [-0.2, 0) is 12.8 Å². The Balaban J connectivity index is 1.91. The van der Waals surface area contributed by atoms with Gasteiger partial charge in [0.2, 0.25) is 0 Å². The zero-order valence-corrected chi connectivity index (χ0v) is 15.8. The molecule has 0 radical (unpaired) electrons. The first-order chi connectivity index (χ1) is 12.0.